The van der Waals surface area contributed by atoms with E-state index < -0.39 is 94.2 Å². The molecule has 254 valence electrons. The number of hydrogen-bond donors (Lipinski definition) is 7. The lowest BCUT2D eigenvalue weighted by molar-refractivity contribution is -0.0579. The first-order chi connectivity index (χ1) is 22.4. The Hall–Kier alpha value is -2.63. The molecule has 21 nitrogen and oxygen atoms in total. The molecule has 3 fully saturated rings. The summed E-state index contributed by atoms with van der Waals surface area (Å²) in [6, 6.07) is 0. The van der Waals surface area contributed by atoms with Gasteiger partial charge in [-0.1, -0.05) is 12.2 Å². The molecule has 10 unspecified atom stereocenters. The van der Waals surface area contributed by atoms with Gasteiger partial charge in [0.2, 0.25) is 5.95 Å². The number of anilines is 2. The van der Waals surface area contributed by atoms with Gasteiger partial charge in [-0.2, -0.15) is 4.98 Å². The molecule has 3 saturated heterocycles. The third-order valence-corrected chi connectivity index (χ3v) is 11.3. The minimum Gasteiger partial charge on any atom is -0.396 e. The van der Waals surface area contributed by atoms with Gasteiger partial charge in [-0.05, 0) is 11.8 Å². The molecule has 3 aliphatic heterocycles. The van der Waals surface area contributed by atoms with E-state index in [0.717, 1.165) is 0 Å². The normalized spacial score (nSPS) is 36.6. The van der Waals surface area contributed by atoms with E-state index in [9.17, 15) is 24.5 Å². The molecule has 0 saturated carbocycles. The summed E-state index contributed by atoms with van der Waals surface area (Å²) < 4.78 is 52.1. The molecular weight excluding hydrogens is 706 g/mol. The molecule has 0 aromatic carbocycles. The van der Waals surface area contributed by atoms with Gasteiger partial charge in [0.25, 0.3) is 5.56 Å². The largest absolute Gasteiger partial charge is 0.396 e. The van der Waals surface area contributed by atoms with Crippen molar-refractivity contribution >= 4 is 71.7 Å². The van der Waals surface area contributed by atoms with E-state index in [-0.39, 0.29) is 28.4 Å². The third kappa shape index (κ3) is 5.98. The van der Waals surface area contributed by atoms with Crippen LogP contribution in [0.3, 0.4) is 0 Å². The fourth-order valence-corrected chi connectivity index (χ4v) is 8.92. The van der Waals surface area contributed by atoms with Crippen molar-refractivity contribution < 1.29 is 47.2 Å². The molecule has 7 rings (SSSR count). The van der Waals surface area contributed by atoms with E-state index in [1.807, 2.05) is 0 Å². The SMILES string of the molecule is Nc1nc2c(ncn2C2OC3COP(O)(=S)OC4C(COP(=O)(S)OC2C3CO)OC(n2cnc3c(N)ncnc32)C4CO)c(=O)[nH]1. The summed E-state index contributed by atoms with van der Waals surface area (Å²) in [5.41, 5.74) is 11.6. The molecule has 25 heteroatoms. The summed E-state index contributed by atoms with van der Waals surface area (Å²) in [4.78, 5) is 46.6. The van der Waals surface area contributed by atoms with E-state index >= 15 is 0 Å². The van der Waals surface area contributed by atoms with E-state index in [1.165, 1.54) is 28.1 Å². The van der Waals surface area contributed by atoms with Crippen LogP contribution in [-0.2, 0) is 43.9 Å². The number of aliphatic hydroxyl groups excluding tert-OH is 2. The van der Waals surface area contributed by atoms with Crippen molar-refractivity contribution in [2.45, 2.75) is 36.9 Å². The molecule has 8 N–H and O–H groups in total. The van der Waals surface area contributed by atoms with Gasteiger partial charge in [-0.3, -0.25) is 28.0 Å². The van der Waals surface area contributed by atoms with Crippen molar-refractivity contribution in [2.75, 3.05) is 37.9 Å². The maximum Gasteiger partial charge on any atom is 0.386 e. The number of rotatable bonds is 4. The highest BCUT2D eigenvalue weighted by Crippen LogP contribution is 2.59. The lowest BCUT2D eigenvalue weighted by Crippen LogP contribution is -2.34. The second-order valence-corrected chi connectivity index (χ2v) is 16.5. The van der Waals surface area contributed by atoms with E-state index in [0.29, 0.717) is 5.65 Å². The molecule has 2 bridgehead atoms. The number of H-pyrrole nitrogens is 1. The van der Waals surface area contributed by atoms with Crippen LogP contribution in [0.15, 0.2) is 23.8 Å². The van der Waals surface area contributed by atoms with Crippen LogP contribution in [0.5, 0.6) is 0 Å². The van der Waals surface area contributed by atoms with E-state index in [4.69, 9.17) is 50.8 Å². The number of imidazole rings is 2. The molecule has 3 aliphatic rings. The number of nitrogens with two attached hydrogens (primary N) is 2. The number of aromatic nitrogens is 8. The van der Waals surface area contributed by atoms with Crippen LogP contribution in [0.25, 0.3) is 22.3 Å². The quantitative estimate of drug-likeness (QED) is 0.0998. The minimum absolute atomic E-state index is 0.0112. The summed E-state index contributed by atoms with van der Waals surface area (Å²) in [5.74, 6) is -1.94. The number of nitrogens with zero attached hydrogens (tertiary/aromatic N) is 7. The number of nitrogen functional groups attached to an aromatic ring is 2. The zero-order valence-electron chi connectivity index (χ0n) is 23.8. The van der Waals surface area contributed by atoms with Gasteiger partial charge in [0.15, 0.2) is 28.9 Å². The molecule has 4 aromatic heterocycles. The predicted octanol–water partition coefficient (Wildman–Crippen LogP) is -0.792. The Balaban J connectivity index is 1.23. The van der Waals surface area contributed by atoms with Crippen molar-refractivity contribution in [3.8, 4) is 0 Å². The van der Waals surface area contributed by atoms with Gasteiger partial charge in [-0.15, -0.1) is 0 Å². The van der Waals surface area contributed by atoms with Crippen LogP contribution in [0.4, 0.5) is 11.8 Å². The van der Waals surface area contributed by atoms with Gasteiger partial charge >= 0.3 is 13.5 Å². The molecule has 10 atom stereocenters. The number of thiol groups is 1. The standard InChI is InChI=1S/C22H28N10O11P2S2/c23-16-12-17(26-5-25-16)31(6-27-12)20-9(2-34)14-11(41-20)4-39-45(37,47)43-15-8(1-33)10(3-38-44(36,46)42-14)40-21(15)32-7-28-13-18(32)29-22(24)30-19(13)35/h5-11,14-15,20-21,33-34H,1-4H2,(H,36,46)(H,37,47)(H2,23,25,26)(H3,24,29,30,35). The Kier molecular flexibility index (Phi) is 8.65. The summed E-state index contributed by atoms with van der Waals surface area (Å²) in [6.45, 7) is -10.5. The van der Waals surface area contributed by atoms with Crippen LogP contribution < -0.4 is 17.0 Å². The summed E-state index contributed by atoms with van der Waals surface area (Å²) in [5, 5.41) is 20.9. The first-order valence-electron chi connectivity index (χ1n) is 13.9. The molecule has 7 heterocycles. The first kappa shape index (κ1) is 32.9. The van der Waals surface area contributed by atoms with E-state index in [1.54, 1.807) is 0 Å². The number of nitrogens with one attached hydrogen (secondary N) is 1. The fourth-order valence-electron chi connectivity index (χ4n) is 5.95. The average molecular weight is 735 g/mol. The van der Waals surface area contributed by atoms with Gasteiger partial charge in [0.05, 0.1) is 51.1 Å². The van der Waals surface area contributed by atoms with Crippen molar-refractivity contribution in [3.63, 3.8) is 0 Å². The molecule has 0 aliphatic carbocycles. The zero-order chi connectivity index (χ0) is 33.2. The highest BCUT2D eigenvalue weighted by Gasteiger charge is 2.53. The third-order valence-electron chi connectivity index (χ3n) is 8.09. The second-order valence-electron chi connectivity index (χ2n) is 10.8. The van der Waals surface area contributed by atoms with Crippen molar-refractivity contribution in [3.05, 3.63) is 29.3 Å². The van der Waals surface area contributed by atoms with Crippen LogP contribution >= 0.6 is 25.8 Å². The molecule has 4 aromatic rings. The number of fused-ring (bicyclic) bond motifs is 5. The average Bonchev–Trinajstić information content (AvgIpc) is 3.78. The Morgan fingerprint density at radius 3 is 2.36 bits per heavy atom. The van der Waals surface area contributed by atoms with Crippen LogP contribution in [-0.4, -0.2) is 105 Å². The van der Waals surface area contributed by atoms with Crippen LogP contribution in [0.2, 0.25) is 0 Å². The molecular formula is C22H28N10O11P2S2. The van der Waals surface area contributed by atoms with Crippen LogP contribution in [0, 0.1) is 11.8 Å². The highest BCUT2D eigenvalue weighted by molar-refractivity contribution is 8.44. The number of aromatic amines is 1. The Morgan fingerprint density at radius 2 is 1.62 bits per heavy atom. The Labute approximate surface area is 273 Å². The molecule has 0 spiro atoms. The summed E-state index contributed by atoms with van der Waals surface area (Å²) in [6.07, 6.45) is -2.94. The van der Waals surface area contributed by atoms with Crippen molar-refractivity contribution in [1.82, 2.24) is 39.0 Å². The van der Waals surface area contributed by atoms with Crippen LogP contribution in [0.1, 0.15) is 12.5 Å². The topological polar surface area (TPSA) is 292 Å². The lowest BCUT2D eigenvalue weighted by atomic mass is 9.99. The van der Waals surface area contributed by atoms with E-state index in [2.05, 4.69) is 42.2 Å². The molecule has 0 radical (unpaired) electrons. The van der Waals surface area contributed by atoms with Gasteiger partial charge in [-0.25, -0.2) is 24.5 Å². The molecule has 47 heavy (non-hydrogen) atoms. The summed E-state index contributed by atoms with van der Waals surface area (Å²) in [7, 11) is 0. The fraction of sp³-hybridized carbons (Fsp3) is 0.545. The maximum absolute atomic E-state index is 13.8. The van der Waals surface area contributed by atoms with Gasteiger partial charge in [0.1, 0.15) is 36.4 Å². The number of hydrogen-bond acceptors (Lipinski definition) is 18. The van der Waals surface area contributed by atoms with Gasteiger partial charge in [0, 0.05) is 5.92 Å². The zero-order valence-corrected chi connectivity index (χ0v) is 27.3. The number of ether oxygens (including phenoxy) is 2. The molecule has 0 amide bonds. The highest BCUT2D eigenvalue weighted by atomic mass is 32.7. The van der Waals surface area contributed by atoms with Crippen molar-refractivity contribution in [2.24, 2.45) is 11.8 Å². The maximum atomic E-state index is 13.8. The predicted molar refractivity (Wildman–Crippen MR) is 166 cm³/mol. The minimum atomic E-state index is -4.32. The summed E-state index contributed by atoms with van der Waals surface area (Å²) >= 11 is 9.53. The second kappa shape index (κ2) is 12.4. The van der Waals surface area contributed by atoms with Gasteiger partial charge < -0.3 is 45.1 Å². The van der Waals surface area contributed by atoms with Crippen molar-refractivity contribution in [1.29, 1.82) is 0 Å². The lowest BCUT2D eigenvalue weighted by Gasteiger charge is -2.28. The monoisotopic (exact) mass is 734 g/mol. The Bertz CT molecular complexity index is 1980. The number of aliphatic hydroxyl groups is 2. The smallest absolute Gasteiger partial charge is 0.386 e. The Morgan fingerprint density at radius 1 is 0.936 bits per heavy atom. The first-order valence-corrected chi connectivity index (χ1v) is 19.2.